The number of aliphatic hydroxyl groups excluding tert-OH is 1. The van der Waals surface area contributed by atoms with Gasteiger partial charge in [-0.15, -0.1) is 0 Å². The first kappa shape index (κ1) is 17.1. The Morgan fingerprint density at radius 3 is 2.88 bits per heavy atom. The third kappa shape index (κ3) is 3.12. The van der Waals surface area contributed by atoms with E-state index >= 15 is 0 Å². The van der Waals surface area contributed by atoms with E-state index in [2.05, 4.69) is 15.6 Å². The van der Waals surface area contributed by atoms with Crippen LogP contribution in [-0.4, -0.2) is 39.6 Å². The lowest BCUT2D eigenvalue weighted by Crippen LogP contribution is -2.55. The highest BCUT2D eigenvalue weighted by Gasteiger charge is 2.39. The van der Waals surface area contributed by atoms with Crippen LogP contribution in [0.15, 0.2) is 23.2 Å². The van der Waals surface area contributed by atoms with Crippen molar-refractivity contribution in [1.82, 2.24) is 10.2 Å². The van der Waals surface area contributed by atoms with Crippen LogP contribution in [0.5, 0.6) is 0 Å². The molecule has 0 aliphatic carbocycles. The summed E-state index contributed by atoms with van der Waals surface area (Å²) in [5, 5.41) is 16.0. The summed E-state index contributed by atoms with van der Waals surface area (Å²) in [6.45, 7) is 3.44. The number of aliphatic hydroxyl groups is 1. The van der Waals surface area contributed by atoms with Gasteiger partial charge in [0.2, 0.25) is 17.7 Å². The van der Waals surface area contributed by atoms with Gasteiger partial charge in [-0.2, -0.15) is 0 Å². The highest BCUT2D eigenvalue weighted by molar-refractivity contribution is 6.02. The number of nitrogens with zero attached hydrogens (tertiary/aromatic N) is 2. The van der Waals surface area contributed by atoms with E-state index in [0.29, 0.717) is 35.6 Å². The van der Waals surface area contributed by atoms with Crippen LogP contribution >= 0.6 is 0 Å². The number of hydrogen-bond donors (Lipinski definition) is 3. The van der Waals surface area contributed by atoms with Crippen molar-refractivity contribution in [3.8, 4) is 0 Å². The predicted molar refractivity (Wildman–Crippen MR) is 91.1 cm³/mol. The topological polar surface area (TPSA) is 111 Å². The Balaban J connectivity index is 1.98. The zero-order valence-corrected chi connectivity index (χ0v) is 14.1. The number of hydrogen-bond acceptors (Lipinski definition) is 6. The minimum Gasteiger partial charge on any atom is -0.369 e. The summed E-state index contributed by atoms with van der Waals surface area (Å²) in [7, 11) is 0. The molecule has 2 heterocycles. The van der Waals surface area contributed by atoms with Crippen LogP contribution in [0.25, 0.3) is 0 Å². The summed E-state index contributed by atoms with van der Waals surface area (Å²) < 4.78 is 0. The molecule has 3 N–H and O–H groups in total. The molecule has 3 rings (SSSR count). The number of amides is 3. The number of nitrogens with one attached hydrogen (secondary N) is 2. The van der Waals surface area contributed by atoms with Gasteiger partial charge < -0.3 is 15.3 Å². The second kappa shape index (κ2) is 6.64. The molecule has 3 amide bonds. The van der Waals surface area contributed by atoms with E-state index in [1.165, 1.54) is 4.90 Å². The van der Waals surface area contributed by atoms with E-state index in [9.17, 15) is 19.5 Å². The summed E-state index contributed by atoms with van der Waals surface area (Å²) in [5.41, 5.74) is 1.45. The van der Waals surface area contributed by atoms with Crippen LogP contribution in [0.4, 0.5) is 11.4 Å². The third-order valence-corrected chi connectivity index (χ3v) is 4.40. The Morgan fingerprint density at radius 1 is 1.44 bits per heavy atom. The molecule has 1 aromatic rings. The molecule has 25 heavy (non-hydrogen) atoms. The lowest BCUT2D eigenvalue weighted by Gasteiger charge is -2.40. The van der Waals surface area contributed by atoms with E-state index in [1.807, 2.05) is 0 Å². The highest BCUT2D eigenvalue weighted by atomic mass is 16.3. The van der Waals surface area contributed by atoms with Crippen molar-refractivity contribution in [2.24, 2.45) is 4.99 Å². The molecular formula is C17H20N4O4. The zero-order valence-electron chi connectivity index (χ0n) is 14.1. The molecule has 132 valence electrons. The summed E-state index contributed by atoms with van der Waals surface area (Å²) in [6.07, 6.45) is -0.342. The molecule has 8 nitrogen and oxygen atoms in total. The molecule has 0 saturated carbocycles. The Labute approximate surface area is 144 Å². The summed E-state index contributed by atoms with van der Waals surface area (Å²) in [6, 6.07) is 4.48. The normalized spacial score (nSPS) is 22.8. The molecule has 1 fully saturated rings. The van der Waals surface area contributed by atoms with E-state index in [0.717, 1.165) is 0 Å². The van der Waals surface area contributed by atoms with E-state index < -0.39 is 18.2 Å². The van der Waals surface area contributed by atoms with Crippen molar-refractivity contribution in [3.05, 3.63) is 23.8 Å². The smallest absolute Gasteiger partial charge is 0.249 e. The number of benzene rings is 1. The molecule has 8 heteroatoms. The molecule has 2 aliphatic rings. The first-order chi connectivity index (χ1) is 11.9. The number of aliphatic imine (C=N–C) groups is 1. The van der Waals surface area contributed by atoms with Gasteiger partial charge in [0.25, 0.3) is 0 Å². The van der Waals surface area contributed by atoms with Crippen molar-refractivity contribution in [1.29, 1.82) is 0 Å². The second-order valence-electron chi connectivity index (χ2n) is 6.05. The predicted octanol–water partition coefficient (Wildman–Crippen LogP) is 1.20. The number of fused-ring (bicyclic) bond motifs is 1. The molecule has 0 radical (unpaired) electrons. The Bertz CT molecular complexity index is 774. The van der Waals surface area contributed by atoms with Gasteiger partial charge in [-0.3, -0.25) is 19.7 Å². The molecule has 2 atom stereocenters. The first-order valence-corrected chi connectivity index (χ1v) is 8.20. The van der Waals surface area contributed by atoms with Crippen molar-refractivity contribution in [2.45, 2.75) is 45.4 Å². The number of amidine groups is 1. The van der Waals surface area contributed by atoms with Crippen LogP contribution < -0.4 is 10.6 Å². The molecule has 2 unspecified atom stereocenters. The number of piperidine rings is 1. The Morgan fingerprint density at radius 2 is 2.20 bits per heavy atom. The first-order valence-electron chi connectivity index (χ1n) is 8.20. The number of imide groups is 1. The van der Waals surface area contributed by atoms with Crippen molar-refractivity contribution >= 4 is 34.9 Å². The SMILES string of the molecule is CCC(=O)Nc1cccc2c1C(O)N(C1CCC(=O)NC1=O)C(C)=N2. The van der Waals surface area contributed by atoms with Gasteiger partial charge in [-0.05, 0) is 25.5 Å². The molecule has 0 bridgehead atoms. The molecule has 0 spiro atoms. The maximum absolute atomic E-state index is 12.2. The molecular weight excluding hydrogens is 324 g/mol. The van der Waals surface area contributed by atoms with Gasteiger partial charge >= 0.3 is 0 Å². The van der Waals surface area contributed by atoms with E-state index in [-0.39, 0.29) is 18.2 Å². The molecule has 1 saturated heterocycles. The number of rotatable bonds is 3. The summed E-state index contributed by atoms with van der Waals surface area (Å²) in [4.78, 5) is 41.3. The van der Waals surface area contributed by atoms with Crippen LogP contribution in [0.3, 0.4) is 0 Å². The van der Waals surface area contributed by atoms with Crippen LogP contribution in [0.1, 0.15) is 44.9 Å². The zero-order chi connectivity index (χ0) is 18.1. The molecule has 2 aliphatic heterocycles. The van der Waals surface area contributed by atoms with E-state index in [1.54, 1.807) is 32.0 Å². The summed E-state index contributed by atoms with van der Waals surface area (Å²) in [5.74, 6) is -0.477. The number of anilines is 1. The number of carbonyl (C=O) groups excluding carboxylic acids is 3. The van der Waals surface area contributed by atoms with Crippen molar-refractivity contribution < 1.29 is 19.5 Å². The average Bonchev–Trinajstić information content (AvgIpc) is 2.56. The Kier molecular flexibility index (Phi) is 4.54. The van der Waals surface area contributed by atoms with Crippen molar-refractivity contribution in [3.63, 3.8) is 0 Å². The Hall–Kier alpha value is -2.74. The van der Waals surface area contributed by atoms with Gasteiger partial charge in [0, 0.05) is 12.8 Å². The molecule has 0 aromatic heterocycles. The van der Waals surface area contributed by atoms with Crippen LogP contribution in [0.2, 0.25) is 0 Å². The standard InChI is InChI=1S/C17H20N4O4/c1-3-13(22)19-11-6-4-5-10-15(11)17(25)21(9(2)18-10)12-7-8-14(23)20-16(12)24/h4-6,12,17,25H,3,7-8H2,1-2H3,(H,19,22)(H,20,23,24). The third-order valence-electron chi connectivity index (χ3n) is 4.40. The molecule has 1 aromatic carbocycles. The maximum atomic E-state index is 12.2. The van der Waals surface area contributed by atoms with Gasteiger partial charge in [0.15, 0.2) is 6.23 Å². The van der Waals surface area contributed by atoms with Crippen LogP contribution in [0, 0.1) is 0 Å². The maximum Gasteiger partial charge on any atom is 0.249 e. The number of carbonyl (C=O) groups is 3. The van der Waals surface area contributed by atoms with Gasteiger partial charge in [0.05, 0.1) is 16.9 Å². The fourth-order valence-electron chi connectivity index (χ4n) is 3.16. The largest absolute Gasteiger partial charge is 0.369 e. The van der Waals surface area contributed by atoms with E-state index in [4.69, 9.17) is 0 Å². The van der Waals surface area contributed by atoms with Gasteiger partial charge in [0.1, 0.15) is 11.9 Å². The minimum absolute atomic E-state index is 0.181. The van der Waals surface area contributed by atoms with Gasteiger partial charge in [-0.1, -0.05) is 13.0 Å². The van der Waals surface area contributed by atoms with Crippen molar-refractivity contribution in [2.75, 3.05) is 5.32 Å². The lowest BCUT2D eigenvalue weighted by atomic mass is 9.99. The fraction of sp³-hybridized carbons (Fsp3) is 0.412. The monoisotopic (exact) mass is 344 g/mol. The quantitative estimate of drug-likeness (QED) is 0.714. The lowest BCUT2D eigenvalue weighted by molar-refractivity contribution is -0.139. The highest BCUT2D eigenvalue weighted by Crippen LogP contribution is 2.40. The second-order valence-corrected chi connectivity index (χ2v) is 6.05. The van der Waals surface area contributed by atoms with Gasteiger partial charge in [-0.25, -0.2) is 4.99 Å². The van der Waals surface area contributed by atoms with Crippen LogP contribution in [-0.2, 0) is 14.4 Å². The minimum atomic E-state index is -1.15. The fourth-order valence-corrected chi connectivity index (χ4v) is 3.16. The average molecular weight is 344 g/mol. The summed E-state index contributed by atoms with van der Waals surface area (Å²) >= 11 is 0.